The summed E-state index contributed by atoms with van der Waals surface area (Å²) in [5.74, 6) is 0. The first-order valence-electron chi connectivity index (χ1n) is 10.5. The highest BCUT2D eigenvalue weighted by Gasteiger charge is 2.28. The molecule has 0 heterocycles. The molecule has 0 radical (unpaired) electrons. The van der Waals surface area contributed by atoms with Gasteiger partial charge < -0.3 is 0 Å². The average Bonchev–Trinajstić information content (AvgIpc) is 2.57. The summed E-state index contributed by atoms with van der Waals surface area (Å²) < 4.78 is 31.1. The van der Waals surface area contributed by atoms with Gasteiger partial charge in [-0.05, 0) is 68.4 Å². The number of rotatable bonds is 3. The molecule has 2 rings (SSSR count). The first kappa shape index (κ1) is 22.4. The molecule has 0 aliphatic heterocycles. The van der Waals surface area contributed by atoms with Gasteiger partial charge in [-0.2, -0.15) is 8.42 Å². The van der Waals surface area contributed by atoms with Gasteiger partial charge in [-0.3, -0.25) is 4.18 Å². The summed E-state index contributed by atoms with van der Waals surface area (Å²) in [6.07, 6.45) is 9.45. The monoisotopic (exact) mass is 394 g/mol. The van der Waals surface area contributed by atoms with Gasteiger partial charge in [0, 0.05) is 0 Å². The highest BCUT2D eigenvalue weighted by molar-refractivity contribution is 7.86. The SMILES string of the molecule is Cc1ccc(S(=O)(=O)OC2CCCCCC(C)(C)CCC(C)(C)CC2)cc1. The molecule has 1 atom stereocenters. The quantitative estimate of drug-likeness (QED) is 0.539. The van der Waals surface area contributed by atoms with Crippen LogP contribution in [0.1, 0.15) is 91.0 Å². The maximum absolute atomic E-state index is 12.7. The van der Waals surface area contributed by atoms with E-state index in [1.54, 1.807) is 12.1 Å². The zero-order valence-corrected chi connectivity index (χ0v) is 18.7. The lowest BCUT2D eigenvalue weighted by Gasteiger charge is -2.33. The average molecular weight is 395 g/mol. The van der Waals surface area contributed by atoms with Crippen LogP contribution in [0.15, 0.2) is 29.2 Å². The minimum absolute atomic E-state index is 0.214. The normalized spacial score (nSPS) is 24.6. The molecule has 0 spiro atoms. The second-order valence-corrected chi connectivity index (χ2v) is 11.5. The van der Waals surface area contributed by atoms with Crippen molar-refractivity contribution >= 4 is 10.1 Å². The van der Waals surface area contributed by atoms with Crippen molar-refractivity contribution in [2.75, 3.05) is 0 Å². The van der Waals surface area contributed by atoms with E-state index in [2.05, 4.69) is 27.7 Å². The molecule has 4 heteroatoms. The van der Waals surface area contributed by atoms with Gasteiger partial charge in [0.1, 0.15) is 0 Å². The van der Waals surface area contributed by atoms with Crippen LogP contribution in [0.2, 0.25) is 0 Å². The van der Waals surface area contributed by atoms with Crippen molar-refractivity contribution in [1.82, 2.24) is 0 Å². The van der Waals surface area contributed by atoms with Crippen LogP contribution in [0.4, 0.5) is 0 Å². The highest BCUT2D eigenvalue weighted by atomic mass is 32.2. The number of benzene rings is 1. The molecule has 1 fully saturated rings. The van der Waals surface area contributed by atoms with Gasteiger partial charge in [0.2, 0.25) is 0 Å². The standard InChI is InChI=1S/C23H38O3S/c1-19-10-12-21(13-11-19)27(24,25)26-20-9-7-6-8-15-22(2,3)17-18-23(4,5)16-14-20/h10-13,20H,6-9,14-18H2,1-5H3. The Balaban J connectivity index is 2.07. The molecule has 1 aliphatic carbocycles. The fraction of sp³-hybridized carbons (Fsp3) is 0.739. The molecule has 1 unspecified atom stereocenters. The minimum Gasteiger partial charge on any atom is -0.263 e. The molecule has 27 heavy (non-hydrogen) atoms. The Labute approximate surface area is 167 Å². The van der Waals surface area contributed by atoms with Crippen molar-refractivity contribution in [3.63, 3.8) is 0 Å². The van der Waals surface area contributed by atoms with Crippen molar-refractivity contribution < 1.29 is 12.6 Å². The summed E-state index contributed by atoms with van der Waals surface area (Å²) in [6.45, 7) is 11.3. The van der Waals surface area contributed by atoms with Crippen molar-refractivity contribution in [2.24, 2.45) is 10.8 Å². The van der Waals surface area contributed by atoms with Crippen LogP contribution in [0, 0.1) is 17.8 Å². The zero-order chi connectivity index (χ0) is 20.1. The summed E-state index contributed by atoms with van der Waals surface area (Å²) in [7, 11) is -3.70. The number of aryl methyl sites for hydroxylation is 1. The Kier molecular flexibility index (Phi) is 7.54. The summed E-state index contributed by atoms with van der Waals surface area (Å²) in [4.78, 5) is 0.264. The molecule has 0 bridgehead atoms. The van der Waals surface area contributed by atoms with Gasteiger partial charge >= 0.3 is 0 Å². The second kappa shape index (κ2) is 9.09. The van der Waals surface area contributed by atoms with E-state index in [-0.39, 0.29) is 16.4 Å². The van der Waals surface area contributed by atoms with Gasteiger partial charge in [-0.25, -0.2) is 0 Å². The number of hydrogen-bond donors (Lipinski definition) is 0. The minimum atomic E-state index is -3.70. The van der Waals surface area contributed by atoms with E-state index >= 15 is 0 Å². The van der Waals surface area contributed by atoms with Gasteiger partial charge in [0.25, 0.3) is 10.1 Å². The highest BCUT2D eigenvalue weighted by Crippen LogP contribution is 2.38. The third-order valence-electron chi connectivity index (χ3n) is 6.07. The summed E-state index contributed by atoms with van der Waals surface area (Å²) in [5, 5.41) is 0. The van der Waals surface area contributed by atoms with Crippen LogP contribution < -0.4 is 0 Å². The largest absolute Gasteiger partial charge is 0.297 e. The first-order chi connectivity index (χ1) is 12.5. The van der Waals surface area contributed by atoms with Crippen LogP contribution in [0.3, 0.4) is 0 Å². The van der Waals surface area contributed by atoms with E-state index in [4.69, 9.17) is 4.18 Å². The van der Waals surface area contributed by atoms with Gasteiger partial charge in [0.05, 0.1) is 11.0 Å². The molecule has 1 aromatic rings. The fourth-order valence-electron chi connectivity index (χ4n) is 3.81. The maximum atomic E-state index is 12.7. The lowest BCUT2D eigenvalue weighted by molar-refractivity contribution is 0.140. The number of hydrogen-bond acceptors (Lipinski definition) is 3. The Bertz CT molecular complexity index is 687. The Morgan fingerprint density at radius 2 is 1.41 bits per heavy atom. The summed E-state index contributed by atoms with van der Waals surface area (Å²) in [6, 6.07) is 6.93. The van der Waals surface area contributed by atoms with E-state index < -0.39 is 10.1 Å². The van der Waals surface area contributed by atoms with E-state index in [1.165, 1.54) is 25.7 Å². The molecule has 154 valence electrons. The topological polar surface area (TPSA) is 43.4 Å². The van der Waals surface area contributed by atoms with Crippen LogP contribution in [0.25, 0.3) is 0 Å². The molecule has 1 aliphatic rings. The lowest BCUT2D eigenvalue weighted by atomic mass is 9.74. The smallest absolute Gasteiger partial charge is 0.263 e. The molecule has 3 nitrogen and oxygen atoms in total. The first-order valence-corrected chi connectivity index (χ1v) is 11.9. The fourth-order valence-corrected chi connectivity index (χ4v) is 4.94. The van der Waals surface area contributed by atoms with E-state index in [0.717, 1.165) is 37.7 Å². The Morgan fingerprint density at radius 1 is 0.815 bits per heavy atom. The van der Waals surface area contributed by atoms with Crippen molar-refractivity contribution in [3.05, 3.63) is 29.8 Å². The third kappa shape index (κ3) is 7.57. The Hall–Kier alpha value is -0.870. The molecule has 0 N–H and O–H groups in total. The zero-order valence-electron chi connectivity index (χ0n) is 17.9. The molecule has 0 aromatic heterocycles. The van der Waals surface area contributed by atoms with Gasteiger partial charge in [0.15, 0.2) is 0 Å². The van der Waals surface area contributed by atoms with Crippen molar-refractivity contribution in [2.45, 2.75) is 103 Å². The van der Waals surface area contributed by atoms with E-state index in [1.807, 2.05) is 19.1 Å². The van der Waals surface area contributed by atoms with E-state index in [9.17, 15) is 8.42 Å². The lowest BCUT2D eigenvalue weighted by Crippen LogP contribution is -2.24. The van der Waals surface area contributed by atoms with Crippen LogP contribution in [-0.4, -0.2) is 14.5 Å². The van der Waals surface area contributed by atoms with Crippen LogP contribution in [-0.2, 0) is 14.3 Å². The molecule has 1 saturated carbocycles. The predicted molar refractivity (Wildman–Crippen MR) is 112 cm³/mol. The van der Waals surface area contributed by atoms with Crippen molar-refractivity contribution in [1.29, 1.82) is 0 Å². The molecule has 0 saturated heterocycles. The third-order valence-corrected chi connectivity index (χ3v) is 7.45. The Morgan fingerprint density at radius 3 is 2.04 bits per heavy atom. The maximum Gasteiger partial charge on any atom is 0.297 e. The van der Waals surface area contributed by atoms with Gasteiger partial charge in [-0.1, -0.05) is 64.7 Å². The molecular weight excluding hydrogens is 356 g/mol. The van der Waals surface area contributed by atoms with E-state index in [0.29, 0.717) is 5.41 Å². The summed E-state index contributed by atoms with van der Waals surface area (Å²) in [5.41, 5.74) is 1.66. The molecule has 1 aromatic carbocycles. The second-order valence-electron chi connectivity index (χ2n) is 9.95. The predicted octanol–water partition coefficient (Wildman–Crippen LogP) is 6.65. The van der Waals surface area contributed by atoms with Crippen molar-refractivity contribution in [3.8, 4) is 0 Å². The van der Waals surface area contributed by atoms with Gasteiger partial charge in [-0.15, -0.1) is 0 Å². The van der Waals surface area contributed by atoms with Crippen LogP contribution >= 0.6 is 0 Å². The molecular formula is C23H38O3S. The van der Waals surface area contributed by atoms with Crippen LogP contribution in [0.5, 0.6) is 0 Å². The molecule has 0 amide bonds. The summed E-state index contributed by atoms with van der Waals surface area (Å²) >= 11 is 0.